The molecule has 2 atom stereocenters. The van der Waals surface area contributed by atoms with Crippen LogP contribution in [-0.4, -0.2) is 46.5 Å². The number of amides is 3. The van der Waals surface area contributed by atoms with Gasteiger partial charge < -0.3 is 20.3 Å². The normalized spacial score (nSPS) is 13.2. The van der Waals surface area contributed by atoms with E-state index in [9.17, 15) is 14.4 Å². The quantitative estimate of drug-likeness (QED) is 0.484. The van der Waals surface area contributed by atoms with Crippen LogP contribution < -0.4 is 10.6 Å². The Morgan fingerprint density at radius 2 is 1.54 bits per heavy atom. The summed E-state index contributed by atoms with van der Waals surface area (Å²) in [6.07, 6.45) is -0.423. The summed E-state index contributed by atoms with van der Waals surface area (Å²) in [6.45, 7) is 16.8. The molecule has 2 unspecified atom stereocenters. The maximum Gasteiger partial charge on any atom is 0.408 e. The third kappa shape index (κ3) is 8.92. The van der Waals surface area contributed by atoms with Crippen LogP contribution in [-0.2, 0) is 20.7 Å². The van der Waals surface area contributed by atoms with Crippen LogP contribution in [0.1, 0.15) is 76.8 Å². The van der Waals surface area contributed by atoms with E-state index >= 15 is 0 Å². The number of hydrogen-bond donors (Lipinski definition) is 2. The first-order valence-corrected chi connectivity index (χ1v) is 12.9. The summed E-state index contributed by atoms with van der Waals surface area (Å²) in [5.74, 6) is -0.617. The van der Waals surface area contributed by atoms with E-state index < -0.39 is 23.8 Å². The summed E-state index contributed by atoms with van der Waals surface area (Å²) in [7, 11) is 0. The molecule has 7 heteroatoms. The molecule has 0 saturated heterocycles. The minimum atomic E-state index is -0.931. The molecule has 37 heavy (non-hydrogen) atoms. The molecule has 202 valence electrons. The lowest BCUT2D eigenvalue weighted by Gasteiger charge is -2.38. The average molecular weight is 510 g/mol. The minimum absolute atomic E-state index is 0.107. The summed E-state index contributed by atoms with van der Waals surface area (Å²) in [6, 6.07) is 13.1. The van der Waals surface area contributed by atoms with Gasteiger partial charge in [0.1, 0.15) is 17.7 Å². The van der Waals surface area contributed by atoms with Crippen LogP contribution >= 0.6 is 0 Å². The maximum absolute atomic E-state index is 14.2. The molecule has 0 aliphatic carbocycles. The SMILES string of the molecule is Cc1ccc(C(C(=O)NC(C)C)N(C(=O)C(Cc2ccccc2)NC(=O)OC(C)(C)C)C(C)C)c(C)c1. The zero-order chi connectivity index (χ0) is 27.9. The molecule has 2 aromatic carbocycles. The lowest BCUT2D eigenvalue weighted by Crippen LogP contribution is -2.56. The summed E-state index contributed by atoms with van der Waals surface area (Å²) >= 11 is 0. The highest BCUT2D eigenvalue weighted by Gasteiger charge is 2.38. The molecule has 3 amide bonds. The first-order valence-electron chi connectivity index (χ1n) is 12.9. The molecule has 0 fully saturated rings. The molecule has 2 aromatic rings. The molecule has 0 aromatic heterocycles. The van der Waals surface area contributed by atoms with E-state index in [2.05, 4.69) is 10.6 Å². The monoisotopic (exact) mass is 509 g/mol. The molecule has 0 spiro atoms. The molecule has 2 N–H and O–H groups in total. The van der Waals surface area contributed by atoms with Gasteiger partial charge in [0.15, 0.2) is 0 Å². The number of aryl methyl sites for hydroxylation is 2. The van der Waals surface area contributed by atoms with Crippen LogP contribution in [0, 0.1) is 13.8 Å². The van der Waals surface area contributed by atoms with Crippen molar-refractivity contribution in [3.05, 3.63) is 70.8 Å². The Kier molecular flexibility index (Phi) is 10.3. The van der Waals surface area contributed by atoms with E-state index in [1.165, 1.54) is 0 Å². The largest absolute Gasteiger partial charge is 0.444 e. The fourth-order valence-electron chi connectivity index (χ4n) is 4.27. The van der Waals surface area contributed by atoms with Crippen molar-refractivity contribution in [2.75, 3.05) is 0 Å². The Morgan fingerprint density at radius 1 is 0.919 bits per heavy atom. The van der Waals surface area contributed by atoms with Crippen molar-refractivity contribution < 1.29 is 19.1 Å². The average Bonchev–Trinajstić information content (AvgIpc) is 2.75. The van der Waals surface area contributed by atoms with Crippen LogP contribution in [0.25, 0.3) is 0 Å². The van der Waals surface area contributed by atoms with Gasteiger partial charge in [0, 0.05) is 18.5 Å². The van der Waals surface area contributed by atoms with E-state index in [0.717, 1.165) is 22.3 Å². The molecule has 0 heterocycles. The van der Waals surface area contributed by atoms with Crippen molar-refractivity contribution >= 4 is 17.9 Å². The predicted molar refractivity (Wildman–Crippen MR) is 147 cm³/mol. The van der Waals surface area contributed by atoms with Crippen LogP contribution in [0.5, 0.6) is 0 Å². The molecule has 0 saturated carbocycles. The number of benzene rings is 2. The zero-order valence-corrected chi connectivity index (χ0v) is 23.7. The number of nitrogens with one attached hydrogen (secondary N) is 2. The Morgan fingerprint density at radius 3 is 2.05 bits per heavy atom. The highest BCUT2D eigenvalue weighted by Crippen LogP contribution is 2.29. The Labute approximate surface area is 222 Å². The first kappa shape index (κ1) is 29.9. The van der Waals surface area contributed by atoms with E-state index in [1.54, 1.807) is 25.7 Å². The van der Waals surface area contributed by atoms with Gasteiger partial charge >= 0.3 is 6.09 Å². The van der Waals surface area contributed by atoms with Crippen molar-refractivity contribution in [1.82, 2.24) is 15.5 Å². The summed E-state index contributed by atoms with van der Waals surface area (Å²) in [5.41, 5.74) is 2.90. The number of ether oxygens (including phenoxy) is 1. The summed E-state index contributed by atoms with van der Waals surface area (Å²) < 4.78 is 5.47. The third-order valence-corrected chi connectivity index (χ3v) is 5.76. The predicted octanol–water partition coefficient (Wildman–Crippen LogP) is 5.24. The van der Waals surface area contributed by atoms with Crippen LogP contribution in [0.3, 0.4) is 0 Å². The summed E-state index contributed by atoms with van der Waals surface area (Å²) in [5, 5.41) is 5.77. The Balaban J connectivity index is 2.57. The molecule has 7 nitrogen and oxygen atoms in total. The standard InChI is InChI=1S/C30H43N3O4/c1-19(2)31-27(34)26(24-16-15-21(5)17-22(24)6)33(20(3)4)28(35)25(18-23-13-11-10-12-14-23)32-29(36)37-30(7,8)9/h10-17,19-20,25-26H,18H2,1-9H3,(H,31,34)(H,32,36). The topological polar surface area (TPSA) is 87.7 Å². The van der Waals surface area contributed by atoms with Gasteiger partial charge in [-0.15, -0.1) is 0 Å². The Bertz CT molecular complexity index is 1070. The van der Waals surface area contributed by atoms with Gasteiger partial charge in [-0.1, -0.05) is 54.1 Å². The van der Waals surface area contributed by atoms with Gasteiger partial charge in [0.2, 0.25) is 11.8 Å². The van der Waals surface area contributed by atoms with E-state index in [0.29, 0.717) is 0 Å². The number of nitrogens with zero attached hydrogens (tertiary/aromatic N) is 1. The smallest absolute Gasteiger partial charge is 0.408 e. The number of rotatable bonds is 9. The Hall–Kier alpha value is -3.35. The molecular formula is C30H43N3O4. The fourth-order valence-corrected chi connectivity index (χ4v) is 4.27. The van der Waals surface area contributed by atoms with Crippen LogP contribution in [0.4, 0.5) is 4.79 Å². The second-order valence-electron chi connectivity index (χ2n) is 11.2. The van der Waals surface area contributed by atoms with Gasteiger partial charge in [0.25, 0.3) is 0 Å². The second-order valence-corrected chi connectivity index (χ2v) is 11.2. The van der Waals surface area contributed by atoms with E-state index in [1.807, 2.05) is 90.1 Å². The van der Waals surface area contributed by atoms with E-state index in [4.69, 9.17) is 4.74 Å². The van der Waals surface area contributed by atoms with E-state index in [-0.39, 0.29) is 30.3 Å². The van der Waals surface area contributed by atoms with Crippen molar-refractivity contribution in [2.45, 2.75) is 98.5 Å². The van der Waals surface area contributed by atoms with Gasteiger partial charge in [-0.05, 0) is 79.0 Å². The molecular weight excluding hydrogens is 466 g/mol. The number of carbonyl (C=O) groups excluding carboxylic acids is 3. The highest BCUT2D eigenvalue weighted by molar-refractivity contribution is 5.92. The van der Waals surface area contributed by atoms with Crippen molar-refractivity contribution in [3.8, 4) is 0 Å². The highest BCUT2D eigenvalue weighted by atomic mass is 16.6. The number of hydrogen-bond acceptors (Lipinski definition) is 4. The lowest BCUT2D eigenvalue weighted by atomic mass is 9.94. The lowest BCUT2D eigenvalue weighted by molar-refractivity contribution is -0.144. The fraction of sp³-hybridized carbons (Fsp3) is 0.500. The molecule has 0 radical (unpaired) electrons. The molecule has 0 aliphatic rings. The van der Waals surface area contributed by atoms with Gasteiger partial charge in [-0.2, -0.15) is 0 Å². The van der Waals surface area contributed by atoms with Gasteiger partial charge in [-0.3, -0.25) is 9.59 Å². The summed E-state index contributed by atoms with van der Waals surface area (Å²) in [4.78, 5) is 42.2. The maximum atomic E-state index is 14.2. The number of alkyl carbamates (subject to hydrolysis) is 1. The van der Waals surface area contributed by atoms with Crippen molar-refractivity contribution in [2.24, 2.45) is 0 Å². The van der Waals surface area contributed by atoms with Crippen LogP contribution in [0.2, 0.25) is 0 Å². The van der Waals surface area contributed by atoms with Crippen LogP contribution in [0.15, 0.2) is 48.5 Å². The second kappa shape index (κ2) is 12.7. The molecule has 0 aliphatic heterocycles. The van der Waals surface area contributed by atoms with Crippen molar-refractivity contribution in [1.29, 1.82) is 0 Å². The first-order chi connectivity index (χ1) is 17.2. The van der Waals surface area contributed by atoms with Gasteiger partial charge in [0.05, 0.1) is 0 Å². The molecule has 0 bridgehead atoms. The van der Waals surface area contributed by atoms with Gasteiger partial charge in [-0.25, -0.2) is 4.79 Å². The molecule has 2 rings (SSSR count). The zero-order valence-electron chi connectivity index (χ0n) is 23.7. The number of carbonyl (C=O) groups is 3. The van der Waals surface area contributed by atoms with Crippen molar-refractivity contribution in [3.63, 3.8) is 0 Å². The minimum Gasteiger partial charge on any atom is -0.444 e. The third-order valence-electron chi connectivity index (χ3n) is 5.76.